The van der Waals surface area contributed by atoms with E-state index >= 15 is 0 Å². The van der Waals surface area contributed by atoms with E-state index in [0.717, 1.165) is 17.5 Å². The molecule has 0 bridgehead atoms. The van der Waals surface area contributed by atoms with Gasteiger partial charge in [-0.05, 0) is 51.2 Å². The van der Waals surface area contributed by atoms with Gasteiger partial charge < -0.3 is 25.0 Å². The van der Waals surface area contributed by atoms with Gasteiger partial charge in [0.25, 0.3) is 0 Å². The summed E-state index contributed by atoms with van der Waals surface area (Å²) in [4.78, 5) is 24.0. The lowest BCUT2D eigenvalue weighted by Crippen LogP contribution is -2.64. The number of thioether (sulfide) groups is 1. The molecule has 1 aliphatic heterocycles. The number of imide groups is 1. The Morgan fingerprint density at radius 3 is 2.62 bits per heavy atom. The molecule has 1 aromatic carbocycles. The molecule has 37 heavy (non-hydrogen) atoms. The van der Waals surface area contributed by atoms with Crippen molar-refractivity contribution in [1.82, 2.24) is 10.6 Å². The molecule has 2 aliphatic rings. The van der Waals surface area contributed by atoms with E-state index in [1.807, 2.05) is 45.0 Å². The van der Waals surface area contributed by atoms with Crippen molar-refractivity contribution in [3.05, 3.63) is 47.0 Å². The minimum absolute atomic E-state index is 0.0328. The quantitative estimate of drug-likeness (QED) is 0.188. The second-order valence-corrected chi connectivity index (χ2v) is 11.6. The fourth-order valence-corrected chi connectivity index (χ4v) is 6.81. The van der Waals surface area contributed by atoms with Gasteiger partial charge in [-0.1, -0.05) is 35.9 Å². The summed E-state index contributed by atoms with van der Waals surface area (Å²) in [7, 11) is 1.57. The second kappa shape index (κ2) is 13.0. The number of carbonyl (C=O) groups is 2. The Labute approximate surface area is 228 Å². The summed E-state index contributed by atoms with van der Waals surface area (Å²) in [6.07, 6.45) is 3.12. The number of hydrogen-bond donors (Lipinski definition) is 4. The number of methoxy groups -OCH3 is 1. The first-order chi connectivity index (χ1) is 17.6. The molecule has 0 aromatic heterocycles. The SMILES string of the molecule is CO[C@@H]1[C@H](NC(=O)NC(=O)CCl)CC[C@](O)(CSCc2ccccc2CO)[C@H]1[C@@]1(C)O[C@@H]1CC=C(C)C. The van der Waals surface area contributed by atoms with Crippen LogP contribution in [-0.2, 0) is 26.6 Å². The maximum Gasteiger partial charge on any atom is 0.321 e. The van der Waals surface area contributed by atoms with Crippen molar-refractivity contribution >= 4 is 35.3 Å². The summed E-state index contributed by atoms with van der Waals surface area (Å²) in [6.45, 7) is 6.05. The maximum atomic E-state index is 12.4. The number of urea groups is 1. The van der Waals surface area contributed by atoms with Gasteiger partial charge in [-0.25, -0.2) is 4.79 Å². The summed E-state index contributed by atoms with van der Waals surface area (Å²) in [5.74, 6) is -0.245. The number of alkyl halides is 1. The first-order valence-corrected chi connectivity index (χ1v) is 14.2. The van der Waals surface area contributed by atoms with Crippen molar-refractivity contribution in [2.45, 2.75) is 81.8 Å². The van der Waals surface area contributed by atoms with Crippen LogP contribution in [-0.4, -0.2) is 70.3 Å². The number of allylic oxidation sites excluding steroid dienone is 1. The monoisotopic (exact) mass is 554 g/mol. The van der Waals surface area contributed by atoms with Crippen molar-refractivity contribution in [2.75, 3.05) is 18.7 Å². The number of halogens is 1. The van der Waals surface area contributed by atoms with Crippen molar-refractivity contribution in [3.8, 4) is 0 Å². The average Bonchev–Trinajstić information content (AvgIpc) is 3.53. The van der Waals surface area contributed by atoms with E-state index in [4.69, 9.17) is 21.1 Å². The van der Waals surface area contributed by atoms with Gasteiger partial charge in [0.1, 0.15) is 11.5 Å². The molecule has 1 saturated carbocycles. The van der Waals surface area contributed by atoms with Crippen molar-refractivity contribution in [2.24, 2.45) is 5.92 Å². The third kappa shape index (κ3) is 7.28. The predicted octanol–water partition coefficient (Wildman–Crippen LogP) is 3.52. The Balaban J connectivity index is 1.81. The molecule has 1 aromatic rings. The molecular weight excluding hydrogens is 516 g/mol. The van der Waals surface area contributed by atoms with Gasteiger partial charge in [0.15, 0.2) is 0 Å². The molecule has 206 valence electrons. The highest BCUT2D eigenvalue weighted by Crippen LogP contribution is 2.55. The van der Waals surface area contributed by atoms with E-state index in [9.17, 15) is 19.8 Å². The number of epoxide rings is 1. The van der Waals surface area contributed by atoms with Crippen molar-refractivity contribution in [3.63, 3.8) is 0 Å². The average molecular weight is 555 g/mol. The van der Waals surface area contributed by atoms with Gasteiger partial charge in [-0.2, -0.15) is 11.8 Å². The number of hydrogen-bond acceptors (Lipinski definition) is 7. The molecule has 3 amide bonds. The Bertz CT molecular complexity index is 989. The topological polar surface area (TPSA) is 120 Å². The van der Waals surface area contributed by atoms with Crippen molar-refractivity contribution in [1.29, 1.82) is 0 Å². The van der Waals surface area contributed by atoms with E-state index in [0.29, 0.717) is 24.3 Å². The van der Waals surface area contributed by atoms with Crippen LogP contribution in [0.2, 0.25) is 0 Å². The molecule has 1 aliphatic carbocycles. The van der Waals surface area contributed by atoms with Gasteiger partial charge in [0.2, 0.25) is 5.91 Å². The van der Waals surface area contributed by atoms with Crippen LogP contribution in [0.3, 0.4) is 0 Å². The summed E-state index contributed by atoms with van der Waals surface area (Å²) in [6, 6.07) is 6.66. The maximum absolute atomic E-state index is 12.4. The molecule has 10 heteroatoms. The van der Waals surface area contributed by atoms with Gasteiger partial charge in [0, 0.05) is 24.5 Å². The van der Waals surface area contributed by atoms with Crippen LogP contribution in [0.5, 0.6) is 0 Å². The number of nitrogens with one attached hydrogen (secondary N) is 2. The highest BCUT2D eigenvalue weighted by atomic mass is 35.5. The highest BCUT2D eigenvalue weighted by molar-refractivity contribution is 7.98. The summed E-state index contributed by atoms with van der Waals surface area (Å²) in [5.41, 5.74) is 1.34. The number of aliphatic hydroxyl groups is 2. The Hall–Kier alpha value is -1.62. The minimum atomic E-state index is -1.12. The lowest BCUT2D eigenvalue weighted by molar-refractivity contribution is -0.137. The Morgan fingerprint density at radius 1 is 1.30 bits per heavy atom. The van der Waals surface area contributed by atoms with Crippen LogP contribution in [0.15, 0.2) is 35.9 Å². The smallest absolute Gasteiger partial charge is 0.321 e. The number of benzene rings is 1. The molecule has 0 radical (unpaired) electrons. The largest absolute Gasteiger partial charge is 0.392 e. The van der Waals surface area contributed by atoms with Crippen LogP contribution < -0.4 is 10.6 Å². The highest BCUT2D eigenvalue weighted by Gasteiger charge is 2.67. The molecule has 3 rings (SSSR count). The zero-order valence-electron chi connectivity index (χ0n) is 22.0. The van der Waals surface area contributed by atoms with Gasteiger partial charge in [0.05, 0.1) is 30.5 Å². The number of amides is 3. The van der Waals surface area contributed by atoms with Crippen LogP contribution in [0.4, 0.5) is 4.79 Å². The molecule has 4 N–H and O–H groups in total. The number of ether oxygens (including phenoxy) is 2. The summed E-state index contributed by atoms with van der Waals surface area (Å²) >= 11 is 7.12. The molecule has 0 unspecified atom stereocenters. The Morgan fingerprint density at radius 2 is 2.00 bits per heavy atom. The minimum Gasteiger partial charge on any atom is -0.392 e. The van der Waals surface area contributed by atoms with Crippen LogP contribution in [0.1, 0.15) is 51.2 Å². The third-order valence-electron chi connectivity index (χ3n) is 7.39. The first kappa shape index (κ1) is 29.9. The van der Waals surface area contributed by atoms with E-state index in [1.54, 1.807) is 18.9 Å². The summed E-state index contributed by atoms with van der Waals surface area (Å²) in [5, 5.41) is 26.8. The third-order valence-corrected chi connectivity index (χ3v) is 8.85. The van der Waals surface area contributed by atoms with E-state index < -0.39 is 41.2 Å². The second-order valence-electron chi connectivity index (χ2n) is 10.3. The van der Waals surface area contributed by atoms with Crippen LogP contribution in [0.25, 0.3) is 0 Å². The van der Waals surface area contributed by atoms with E-state index in [-0.39, 0.29) is 18.6 Å². The molecule has 0 spiro atoms. The molecule has 1 saturated heterocycles. The zero-order chi connectivity index (χ0) is 27.2. The number of aliphatic hydroxyl groups excluding tert-OH is 1. The predicted molar refractivity (Wildman–Crippen MR) is 146 cm³/mol. The van der Waals surface area contributed by atoms with Gasteiger partial charge >= 0.3 is 6.03 Å². The Kier molecular flexibility index (Phi) is 10.5. The fraction of sp³-hybridized carbons (Fsp3) is 0.630. The molecule has 8 nitrogen and oxygen atoms in total. The first-order valence-electron chi connectivity index (χ1n) is 12.6. The van der Waals surface area contributed by atoms with Crippen LogP contribution in [0, 0.1) is 5.92 Å². The van der Waals surface area contributed by atoms with Crippen LogP contribution >= 0.6 is 23.4 Å². The van der Waals surface area contributed by atoms with E-state index in [2.05, 4.69) is 16.7 Å². The van der Waals surface area contributed by atoms with Gasteiger partial charge in [-0.15, -0.1) is 11.6 Å². The number of rotatable bonds is 11. The van der Waals surface area contributed by atoms with Crippen molar-refractivity contribution < 1.29 is 29.3 Å². The lowest BCUT2D eigenvalue weighted by Gasteiger charge is -2.49. The molecule has 2 fully saturated rings. The normalized spacial score (nSPS) is 30.9. The molecule has 1 heterocycles. The standard InChI is InChI=1S/C27H39ClN2O6S/c1-17(2)9-10-21-26(3,36-21)24-23(35-4)20(29-25(33)30-22(32)13-28)11-12-27(24,34)16-37-15-19-8-6-5-7-18(19)14-31/h5-9,20-21,23-24,31,34H,10-16H2,1-4H3,(H2,29,30,32,33)/t20-,21-,23-,24-,26+,27+/m1/s1. The van der Waals surface area contributed by atoms with Gasteiger partial charge in [-0.3, -0.25) is 10.1 Å². The molecule has 6 atom stereocenters. The fourth-order valence-electron chi connectivity index (χ4n) is 5.47. The summed E-state index contributed by atoms with van der Waals surface area (Å²) < 4.78 is 12.2. The number of carbonyl (C=O) groups excluding carboxylic acids is 2. The molecular formula is C27H39ClN2O6S. The zero-order valence-corrected chi connectivity index (χ0v) is 23.5. The lowest BCUT2D eigenvalue weighted by atomic mass is 9.65. The van der Waals surface area contributed by atoms with E-state index in [1.165, 1.54) is 5.57 Å².